The highest BCUT2D eigenvalue weighted by molar-refractivity contribution is 5.65. The molecule has 1 aromatic heterocycles. The van der Waals surface area contributed by atoms with E-state index >= 15 is 0 Å². The van der Waals surface area contributed by atoms with Gasteiger partial charge in [-0.05, 0) is 32.1 Å². The van der Waals surface area contributed by atoms with Crippen molar-refractivity contribution >= 4 is 6.08 Å². The van der Waals surface area contributed by atoms with E-state index in [1.165, 1.54) is 0 Å². The maximum atomic E-state index is 8.82. The van der Waals surface area contributed by atoms with Gasteiger partial charge >= 0.3 is 0 Å². The summed E-state index contributed by atoms with van der Waals surface area (Å²) in [7, 11) is 0. The summed E-state index contributed by atoms with van der Waals surface area (Å²) in [5.41, 5.74) is 0.879. The van der Waals surface area contributed by atoms with Gasteiger partial charge in [0.1, 0.15) is 17.4 Å². The van der Waals surface area contributed by atoms with Crippen molar-refractivity contribution in [3.05, 3.63) is 29.6 Å². The van der Waals surface area contributed by atoms with Gasteiger partial charge in [0.2, 0.25) is 0 Å². The minimum Gasteiger partial charge on any atom is -0.483 e. The second kappa shape index (κ2) is 2.85. The molecule has 3 heteroatoms. The summed E-state index contributed by atoms with van der Waals surface area (Å²) in [6, 6.07) is 3.82. The molecule has 0 aliphatic carbocycles. The van der Waals surface area contributed by atoms with E-state index in [0.717, 1.165) is 11.3 Å². The van der Waals surface area contributed by atoms with Crippen LogP contribution in [0.5, 0.6) is 5.75 Å². The average Bonchev–Trinajstić information content (AvgIpc) is 2.15. The zero-order valence-corrected chi connectivity index (χ0v) is 8.11. The molecule has 0 saturated carbocycles. The van der Waals surface area contributed by atoms with Gasteiger partial charge in [0.25, 0.3) is 0 Å². The van der Waals surface area contributed by atoms with E-state index in [0.29, 0.717) is 5.69 Å². The highest BCUT2D eigenvalue weighted by atomic mass is 16.5. The van der Waals surface area contributed by atoms with Gasteiger partial charge in [-0.3, -0.25) is 0 Å². The summed E-state index contributed by atoms with van der Waals surface area (Å²) in [4.78, 5) is 3.97. The summed E-state index contributed by atoms with van der Waals surface area (Å²) in [5.74, 6) is 0.726. The Kier molecular flexibility index (Phi) is 1.78. The lowest BCUT2D eigenvalue weighted by Gasteiger charge is -2.27. The zero-order chi connectivity index (χ0) is 10.2. The molecule has 0 saturated heterocycles. The third-order valence-electron chi connectivity index (χ3n) is 2.08. The van der Waals surface area contributed by atoms with Crippen molar-refractivity contribution in [2.45, 2.75) is 19.4 Å². The molecule has 2 heterocycles. The molecule has 3 nitrogen and oxygen atoms in total. The molecule has 0 amide bonds. The van der Waals surface area contributed by atoms with Gasteiger partial charge in [-0.2, -0.15) is 5.26 Å². The van der Waals surface area contributed by atoms with E-state index in [1.54, 1.807) is 12.3 Å². The van der Waals surface area contributed by atoms with E-state index in [-0.39, 0.29) is 5.60 Å². The molecule has 2 rings (SSSR count). The van der Waals surface area contributed by atoms with Crippen LogP contribution in [0.2, 0.25) is 0 Å². The van der Waals surface area contributed by atoms with Crippen molar-refractivity contribution in [1.82, 2.24) is 4.98 Å². The monoisotopic (exact) mass is 186 g/mol. The number of fused-ring (bicyclic) bond motifs is 1. The maximum Gasteiger partial charge on any atom is 0.151 e. The van der Waals surface area contributed by atoms with Crippen LogP contribution in [0.25, 0.3) is 6.08 Å². The Morgan fingerprint density at radius 1 is 1.50 bits per heavy atom. The predicted molar refractivity (Wildman–Crippen MR) is 52.7 cm³/mol. The van der Waals surface area contributed by atoms with Crippen molar-refractivity contribution in [3.8, 4) is 11.8 Å². The second-order valence-corrected chi connectivity index (χ2v) is 3.72. The van der Waals surface area contributed by atoms with Crippen LogP contribution < -0.4 is 4.74 Å². The first-order valence-corrected chi connectivity index (χ1v) is 4.40. The first kappa shape index (κ1) is 8.76. The Hall–Kier alpha value is -1.82. The van der Waals surface area contributed by atoms with Crippen molar-refractivity contribution in [1.29, 1.82) is 5.26 Å². The Morgan fingerprint density at radius 3 is 3.00 bits per heavy atom. The number of aromatic nitrogens is 1. The minimum absolute atomic E-state index is 0.304. The molecule has 1 aromatic rings. The number of ether oxygens (including phenoxy) is 1. The van der Waals surface area contributed by atoms with Crippen LogP contribution in [-0.2, 0) is 0 Å². The number of hydrogen-bond donors (Lipinski definition) is 0. The number of hydrogen-bond acceptors (Lipinski definition) is 3. The van der Waals surface area contributed by atoms with Crippen molar-refractivity contribution in [3.63, 3.8) is 0 Å². The van der Waals surface area contributed by atoms with Crippen molar-refractivity contribution in [2.24, 2.45) is 0 Å². The lowest BCUT2D eigenvalue weighted by atomic mass is 10.0. The van der Waals surface area contributed by atoms with Crippen LogP contribution in [0.4, 0.5) is 0 Å². The quantitative estimate of drug-likeness (QED) is 0.623. The molecule has 1 aliphatic heterocycles. The molecule has 14 heavy (non-hydrogen) atoms. The molecule has 0 fully saturated rings. The highest BCUT2D eigenvalue weighted by Crippen LogP contribution is 2.31. The van der Waals surface area contributed by atoms with Gasteiger partial charge in [-0.25, -0.2) is 4.98 Å². The van der Waals surface area contributed by atoms with Crippen LogP contribution in [-0.4, -0.2) is 10.6 Å². The van der Waals surface area contributed by atoms with Crippen molar-refractivity contribution in [2.75, 3.05) is 0 Å². The molecule has 0 radical (unpaired) electrons. The molecule has 0 unspecified atom stereocenters. The predicted octanol–water partition coefficient (Wildman–Crippen LogP) is 2.14. The SMILES string of the molecule is CC1(C)C=Cc2c(ccnc2C#N)O1. The third kappa shape index (κ3) is 1.35. The Bertz CT molecular complexity index is 441. The fourth-order valence-electron chi connectivity index (χ4n) is 1.40. The topological polar surface area (TPSA) is 45.9 Å². The number of nitriles is 1. The fourth-order valence-corrected chi connectivity index (χ4v) is 1.40. The smallest absolute Gasteiger partial charge is 0.151 e. The summed E-state index contributed by atoms with van der Waals surface area (Å²) < 4.78 is 5.68. The van der Waals surface area contributed by atoms with Gasteiger partial charge in [-0.1, -0.05) is 0 Å². The fraction of sp³-hybridized carbons (Fsp3) is 0.273. The van der Waals surface area contributed by atoms with Gasteiger partial charge in [0.15, 0.2) is 5.69 Å². The minimum atomic E-state index is -0.304. The van der Waals surface area contributed by atoms with Crippen LogP contribution in [0.3, 0.4) is 0 Å². The summed E-state index contributed by atoms with van der Waals surface area (Å²) in [6.07, 6.45) is 5.41. The van der Waals surface area contributed by atoms with Crippen molar-refractivity contribution < 1.29 is 4.74 Å². The molecule has 0 spiro atoms. The first-order valence-electron chi connectivity index (χ1n) is 4.40. The number of pyridine rings is 1. The number of nitrogens with zero attached hydrogens (tertiary/aromatic N) is 2. The van der Waals surface area contributed by atoms with Gasteiger partial charge < -0.3 is 4.74 Å². The second-order valence-electron chi connectivity index (χ2n) is 3.72. The lowest BCUT2D eigenvalue weighted by Crippen LogP contribution is -2.27. The first-order chi connectivity index (χ1) is 6.62. The lowest BCUT2D eigenvalue weighted by molar-refractivity contribution is 0.159. The molecule has 0 aromatic carbocycles. The molecular formula is C11H10N2O. The third-order valence-corrected chi connectivity index (χ3v) is 2.08. The van der Waals surface area contributed by atoms with Crippen LogP contribution in [0.15, 0.2) is 18.3 Å². The maximum absolute atomic E-state index is 8.82. The highest BCUT2D eigenvalue weighted by Gasteiger charge is 2.23. The molecule has 0 bridgehead atoms. The zero-order valence-electron chi connectivity index (χ0n) is 8.11. The van der Waals surface area contributed by atoms with E-state index in [4.69, 9.17) is 10.00 Å². The molecule has 0 N–H and O–H groups in total. The normalized spacial score (nSPS) is 16.6. The Balaban J connectivity index is 2.57. The van der Waals surface area contributed by atoms with E-state index in [1.807, 2.05) is 32.1 Å². The standard InChI is InChI=1S/C11H10N2O/c1-11(2)5-3-8-9(7-12)13-6-4-10(8)14-11/h3-6H,1-2H3. The van der Waals surface area contributed by atoms with Crippen LogP contribution >= 0.6 is 0 Å². The van der Waals surface area contributed by atoms with E-state index < -0.39 is 0 Å². The van der Waals surface area contributed by atoms with Crippen LogP contribution in [0.1, 0.15) is 25.1 Å². The summed E-state index contributed by atoms with van der Waals surface area (Å²) in [6.45, 7) is 3.94. The van der Waals surface area contributed by atoms with Gasteiger partial charge in [-0.15, -0.1) is 0 Å². The number of rotatable bonds is 0. The molecule has 70 valence electrons. The van der Waals surface area contributed by atoms with E-state index in [9.17, 15) is 0 Å². The molecule has 0 atom stereocenters. The van der Waals surface area contributed by atoms with Crippen LogP contribution in [0, 0.1) is 11.3 Å². The Labute approximate surface area is 82.7 Å². The van der Waals surface area contributed by atoms with Gasteiger partial charge in [0, 0.05) is 6.20 Å². The Morgan fingerprint density at radius 2 is 2.29 bits per heavy atom. The summed E-state index contributed by atoms with van der Waals surface area (Å²) in [5, 5.41) is 8.82. The average molecular weight is 186 g/mol. The summed E-state index contributed by atoms with van der Waals surface area (Å²) >= 11 is 0. The molecule has 1 aliphatic rings. The van der Waals surface area contributed by atoms with Gasteiger partial charge in [0.05, 0.1) is 5.56 Å². The van der Waals surface area contributed by atoms with E-state index in [2.05, 4.69) is 4.98 Å². The molecular weight excluding hydrogens is 176 g/mol. The largest absolute Gasteiger partial charge is 0.483 e.